The first-order valence-electron chi connectivity index (χ1n) is 8.20. The third kappa shape index (κ3) is 3.04. The molecule has 25 heavy (non-hydrogen) atoms. The number of fused-ring (bicyclic) bond motifs is 1. The Morgan fingerprint density at radius 2 is 1.60 bits per heavy atom. The van der Waals surface area contributed by atoms with E-state index in [0.29, 0.717) is 0 Å². The molecule has 0 spiro atoms. The van der Waals surface area contributed by atoms with Crippen LogP contribution in [0.1, 0.15) is 11.3 Å². The van der Waals surface area contributed by atoms with Crippen LogP contribution < -0.4 is 4.74 Å². The second-order valence-electron chi connectivity index (χ2n) is 5.75. The molecule has 0 aliphatic heterocycles. The molecule has 122 valence electrons. The number of hydrogen-bond donors (Lipinski definition) is 0. The maximum Gasteiger partial charge on any atom is 0.145 e. The Morgan fingerprint density at radius 3 is 2.36 bits per heavy atom. The molecule has 0 saturated heterocycles. The van der Waals surface area contributed by atoms with Gasteiger partial charge in [-0.2, -0.15) is 0 Å². The Bertz CT molecular complexity index is 1020. The van der Waals surface area contributed by atoms with Crippen molar-refractivity contribution in [1.82, 2.24) is 9.38 Å². The highest BCUT2D eigenvalue weighted by Crippen LogP contribution is 2.25. The van der Waals surface area contributed by atoms with Crippen molar-refractivity contribution in [2.45, 2.75) is 0 Å². The molecule has 0 bridgehead atoms. The third-order valence-corrected chi connectivity index (χ3v) is 4.16. The number of aromatic nitrogens is 2. The normalized spacial score (nSPS) is 11.2. The van der Waals surface area contributed by atoms with E-state index in [-0.39, 0.29) is 0 Å². The molecule has 3 heteroatoms. The van der Waals surface area contributed by atoms with Gasteiger partial charge in [0.15, 0.2) is 0 Å². The predicted octanol–water partition coefficient (Wildman–Crippen LogP) is 5.18. The van der Waals surface area contributed by atoms with Gasteiger partial charge in [0, 0.05) is 11.8 Å². The fourth-order valence-corrected chi connectivity index (χ4v) is 2.87. The van der Waals surface area contributed by atoms with Crippen molar-refractivity contribution in [1.29, 1.82) is 0 Å². The highest BCUT2D eigenvalue weighted by atomic mass is 16.5. The maximum absolute atomic E-state index is 5.25. The van der Waals surface area contributed by atoms with Gasteiger partial charge in [0.1, 0.15) is 11.6 Å². The van der Waals surface area contributed by atoms with Crippen LogP contribution in [0.25, 0.3) is 29.1 Å². The number of ether oxygens (including phenoxy) is 1. The lowest BCUT2D eigenvalue weighted by Gasteiger charge is -2.03. The lowest BCUT2D eigenvalue weighted by atomic mass is 10.2. The minimum Gasteiger partial charge on any atom is -0.497 e. The molecule has 2 aromatic heterocycles. The van der Waals surface area contributed by atoms with Crippen molar-refractivity contribution in [2.75, 3.05) is 7.11 Å². The molecule has 0 aliphatic rings. The molecule has 4 aromatic rings. The first-order valence-corrected chi connectivity index (χ1v) is 8.20. The zero-order valence-electron chi connectivity index (χ0n) is 14.0. The van der Waals surface area contributed by atoms with Gasteiger partial charge in [-0.1, -0.05) is 42.5 Å². The van der Waals surface area contributed by atoms with Crippen molar-refractivity contribution < 1.29 is 4.74 Å². The standard InChI is InChI=1S/C22H18N2O/c1-25-19-13-11-18(12-14-19)22-23-20(21-9-5-6-16-24(21)22)15-10-17-7-3-2-4-8-17/h2-16H,1H3/b15-10+. The summed E-state index contributed by atoms with van der Waals surface area (Å²) < 4.78 is 7.36. The van der Waals surface area contributed by atoms with Gasteiger partial charge in [-0.15, -0.1) is 0 Å². The number of nitrogens with zero attached hydrogens (tertiary/aromatic N) is 2. The van der Waals surface area contributed by atoms with Crippen molar-refractivity contribution in [3.05, 3.63) is 90.3 Å². The average Bonchev–Trinajstić information content (AvgIpc) is 3.06. The predicted molar refractivity (Wildman–Crippen MR) is 103 cm³/mol. The highest BCUT2D eigenvalue weighted by molar-refractivity contribution is 5.79. The van der Waals surface area contributed by atoms with Crippen molar-refractivity contribution in [3.8, 4) is 17.1 Å². The minimum absolute atomic E-state index is 0.841. The van der Waals surface area contributed by atoms with Crippen molar-refractivity contribution in [3.63, 3.8) is 0 Å². The van der Waals surface area contributed by atoms with Crippen LogP contribution in [0.2, 0.25) is 0 Å². The Labute approximate surface area is 146 Å². The summed E-state index contributed by atoms with van der Waals surface area (Å²) in [6.07, 6.45) is 6.20. The third-order valence-electron chi connectivity index (χ3n) is 4.16. The Morgan fingerprint density at radius 1 is 0.840 bits per heavy atom. The molecular weight excluding hydrogens is 308 g/mol. The zero-order valence-corrected chi connectivity index (χ0v) is 14.0. The van der Waals surface area contributed by atoms with Crippen LogP contribution in [0, 0.1) is 0 Å². The molecule has 0 N–H and O–H groups in total. The number of hydrogen-bond acceptors (Lipinski definition) is 2. The van der Waals surface area contributed by atoms with Crippen LogP contribution in [-0.2, 0) is 0 Å². The SMILES string of the molecule is COc1ccc(-c2nc(/C=C/c3ccccc3)c3ccccn23)cc1. The summed E-state index contributed by atoms with van der Waals surface area (Å²) in [5.41, 5.74) is 4.25. The van der Waals surface area contributed by atoms with Gasteiger partial charge in [0.05, 0.1) is 18.3 Å². The summed E-state index contributed by atoms with van der Waals surface area (Å²) in [6.45, 7) is 0. The molecule has 2 aromatic carbocycles. The average molecular weight is 326 g/mol. The quantitative estimate of drug-likeness (QED) is 0.516. The fraction of sp³-hybridized carbons (Fsp3) is 0.0455. The van der Waals surface area contributed by atoms with E-state index >= 15 is 0 Å². The topological polar surface area (TPSA) is 26.5 Å². The Hall–Kier alpha value is -3.33. The second kappa shape index (κ2) is 6.65. The van der Waals surface area contributed by atoms with Crippen LogP contribution in [0.15, 0.2) is 79.0 Å². The van der Waals surface area contributed by atoms with E-state index in [1.165, 1.54) is 0 Å². The van der Waals surface area contributed by atoms with E-state index in [0.717, 1.165) is 33.9 Å². The maximum atomic E-state index is 5.25. The van der Waals surface area contributed by atoms with Gasteiger partial charge in [0.2, 0.25) is 0 Å². The lowest BCUT2D eigenvalue weighted by molar-refractivity contribution is 0.415. The van der Waals surface area contributed by atoms with Crippen molar-refractivity contribution in [2.24, 2.45) is 0 Å². The second-order valence-corrected chi connectivity index (χ2v) is 5.75. The molecule has 0 radical (unpaired) electrons. The summed E-state index contributed by atoms with van der Waals surface area (Å²) >= 11 is 0. The number of methoxy groups -OCH3 is 1. The zero-order chi connectivity index (χ0) is 17.1. The number of rotatable bonds is 4. The van der Waals surface area contributed by atoms with Gasteiger partial charge in [0.25, 0.3) is 0 Å². The van der Waals surface area contributed by atoms with Crippen LogP contribution in [0.3, 0.4) is 0 Å². The first kappa shape index (κ1) is 15.2. The Balaban J connectivity index is 1.79. The highest BCUT2D eigenvalue weighted by Gasteiger charge is 2.10. The van der Waals surface area contributed by atoms with Gasteiger partial charge < -0.3 is 4.74 Å². The Kier molecular flexibility index (Phi) is 4.05. The van der Waals surface area contributed by atoms with E-state index in [2.05, 4.69) is 34.8 Å². The first-order chi connectivity index (χ1) is 12.3. The molecular formula is C22H18N2O. The molecule has 0 aliphatic carbocycles. The van der Waals surface area contributed by atoms with Gasteiger partial charge >= 0.3 is 0 Å². The molecule has 3 nitrogen and oxygen atoms in total. The van der Waals surface area contributed by atoms with E-state index in [1.54, 1.807) is 7.11 Å². The van der Waals surface area contributed by atoms with Gasteiger partial charge in [-0.3, -0.25) is 4.40 Å². The molecule has 0 fully saturated rings. The largest absolute Gasteiger partial charge is 0.497 e. The van der Waals surface area contributed by atoms with E-state index in [4.69, 9.17) is 9.72 Å². The van der Waals surface area contributed by atoms with E-state index in [1.807, 2.05) is 60.8 Å². The minimum atomic E-state index is 0.841. The number of benzene rings is 2. The fourth-order valence-electron chi connectivity index (χ4n) is 2.87. The summed E-state index contributed by atoms with van der Waals surface area (Å²) in [4.78, 5) is 4.87. The molecule has 0 saturated carbocycles. The van der Waals surface area contributed by atoms with Gasteiger partial charge in [-0.05, 0) is 48.0 Å². The van der Waals surface area contributed by atoms with E-state index < -0.39 is 0 Å². The summed E-state index contributed by atoms with van der Waals surface area (Å²) in [6, 6.07) is 24.4. The van der Waals surface area contributed by atoms with Crippen LogP contribution in [0.5, 0.6) is 5.75 Å². The van der Waals surface area contributed by atoms with Crippen LogP contribution >= 0.6 is 0 Å². The molecule has 2 heterocycles. The smallest absolute Gasteiger partial charge is 0.145 e. The number of pyridine rings is 1. The summed E-state index contributed by atoms with van der Waals surface area (Å²) in [5.74, 6) is 1.76. The molecule has 0 unspecified atom stereocenters. The lowest BCUT2D eigenvalue weighted by Crippen LogP contribution is -1.89. The van der Waals surface area contributed by atoms with Gasteiger partial charge in [-0.25, -0.2) is 4.98 Å². The van der Waals surface area contributed by atoms with Crippen molar-refractivity contribution >= 4 is 17.7 Å². The summed E-state index contributed by atoms with van der Waals surface area (Å²) in [7, 11) is 1.67. The molecule has 0 atom stereocenters. The molecule has 4 rings (SSSR count). The van der Waals surface area contributed by atoms with Crippen LogP contribution in [0.4, 0.5) is 0 Å². The summed E-state index contributed by atoms with van der Waals surface area (Å²) in [5, 5.41) is 0. The van der Waals surface area contributed by atoms with Crippen LogP contribution in [-0.4, -0.2) is 16.5 Å². The number of imidazole rings is 1. The van der Waals surface area contributed by atoms with E-state index in [9.17, 15) is 0 Å². The molecule has 0 amide bonds. The monoisotopic (exact) mass is 326 g/mol.